The minimum atomic E-state index is -1.41. The Labute approximate surface area is 138 Å². The number of carbonyl (C=O) groups excluding carboxylic acids is 2. The molecule has 24 heavy (non-hydrogen) atoms. The summed E-state index contributed by atoms with van der Waals surface area (Å²) in [6.07, 6.45) is 2.08. The van der Waals surface area contributed by atoms with Crippen LogP contribution in [0.25, 0.3) is 0 Å². The van der Waals surface area contributed by atoms with Crippen molar-refractivity contribution >= 4 is 11.6 Å². The van der Waals surface area contributed by atoms with Gasteiger partial charge in [0.2, 0.25) is 5.75 Å². The molecule has 0 fully saturated rings. The number of methoxy groups -OCH3 is 2. The maximum atomic E-state index is 12.5. The Bertz CT molecular complexity index is 737. The number of hydrogen-bond donors (Lipinski definition) is 2. The first-order valence-electron chi connectivity index (χ1n) is 7.52. The Balaban J connectivity index is 2.02. The molecule has 7 nitrogen and oxygen atoms in total. The summed E-state index contributed by atoms with van der Waals surface area (Å²) >= 11 is 0. The van der Waals surface area contributed by atoms with Gasteiger partial charge in [-0.3, -0.25) is 9.59 Å². The summed E-state index contributed by atoms with van der Waals surface area (Å²) in [5, 5.41) is 21.0. The number of aliphatic hydroxyl groups is 1. The molecular formula is C17H18O7. The standard InChI is InChI=1S/C17H18O7/c1-22-12-8-11-14(15(20)16(12)23-2)10(19)7-13(24-11)17(21)5-3-9(18)4-6-17/h3,5,8,13,20-21H,4,6-7H2,1-2H3. The fraction of sp³-hybridized carbons (Fsp3) is 0.412. The van der Waals surface area contributed by atoms with Crippen LogP contribution in [0.4, 0.5) is 0 Å². The molecule has 3 rings (SSSR count). The molecule has 0 aromatic heterocycles. The molecule has 0 spiro atoms. The van der Waals surface area contributed by atoms with E-state index in [0.717, 1.165) is 0 Å². The maximum absolute atomic E-state index is 12.5. The van der Waals surface area contributed by atoms with E-state index in [1.54, 1.807) is 0 Å². The summed E-state index contributed by atoms with van der Waals surface area (Å²) in [6, 6.07) is 1.44. The minimum absolute atomic E-state index is 0.00312. The molecule has 2 atom stereocenters. The van der Waals surface area contributed by atoms with Crippen molar-refractivity contribution in [3.63, 3.8) is 0 Å². The van der Waals surface area contributed by atoms with Crippen molar-refractivity contribution in [2.45, 2.75) is 31.0 Å². The lowest BCUT2D eigenvalue weighted by Crippen LogP contribution is -2.48. The molecule has 0 saturated heterocycles. The molecule has 128 valence electrons. The van der Waals surface area contributed by atoms with Crippen LogP contribution >= 0.6 is 0 Å². The first-order chi connectivity index (χ1) is 11.4. The molecule has 1 aromatic carbocycles. The summed E-state index contributed by atoms with van der Waals surface area (Å²) in [7, 11) is 2.75. The zero-order valence-electron chi connectivity index (χ0n) is 13.4. The Kier molecular flexibility index (Phi) is 3.96. The molecule has 2 unspecified atom stereocenters. The van der Waals surface area contributed by atoms with Crippen LogP contribution < -0.4 is 14.2 Å². The van der Waals surface area contributed by atoms with E-state index >= 15 is 0 Å². The normalized spacial score (nSPS) is 25.9. The summed E-state index contributed by atoms with van der Waals surface area (Å²) in [5.74, 6) is -0.427. The SMILES string of the molecule is COc1cc2c(c(O)c1OC)C(=O)CC(C1(O)C=CC(=O)CC1)O2. The quantitative estimate of drug-likeness (QED) is 0.861. The molecule has 1 aliphatic heterocycles. The van der Waals surface area contributed by atoms with Crippen LogP contribution in [0, 0.1) is 0 Å². The van der Waals surface area contributed by atoms with Gasteiger partial charge in [-0.05, 0) is 18.6 Å². The fourth-order valence-electron chi connectivity index (χ4n) is 3.05. The van der Waals surface area contributed by atoms with E-state index in [-0.39, 0.29) is 59.4 Å². The molecule has 2 aliphatic rings. The van der Waals surface area contributed by atoms with E-state index in [1.807, 2.05) is 0 Å². The molecule has 1 aromatic rings. The van der Waals surface area contributed by atoms with E-state index < -0.39 is 11.7 Å². The molecule has 0 saturated carbocycles. The Morgan fingerprint density at radius 2 is 2.04 bits per heavy atom. The monoisotopic (exact) mass is 334 g/mol. The Hall–Kier alpha value is -2.54. The number of phenolic OH excluding ortho intramolecular Hbond substituents is 1. The van der Waals surface area contributed by atoms with Gasteiger partial charge in [-0.25, -0.2) is 0 Å². The number of allylic oxidation sites excluding steroid dienone is 1. The van der Waals surface area contributed by atoms with Gasteiger partial charge in [0.15, 0.2) is 23.1 Å². The number of hydrogen-bond acceptors (Lipinski definition) is 7. The molecule has 0 bridgehead atoms. The lowest BCUT2D eigenvalue weighted by Gasteiger charge is -2.38. The number of rotatable bonds is 3. The van der Waals surface area contributed by atoms with Crippen molar-refractivity contribution in [3.8, 4) is 23.0 Å². The largest absolute Gasteiger partial charge is 0.504 e. The topological polar surface area (TPSA) is 102 Å². The fourth-order valence-corrected chi connectivity index (χ4v) is 3.05. The van der Waals surface area contributed by atoms with Crippen molar-refractivity contribution < 1.29 is 34.0 Å². The van der Waals surface area contributed by atoms with Crippen LogP contribution in [0.2, 0.25) is 0 Å². The van der Waals surface area contributed by atoms with Gasteiger partial charge in [0.25, 0.3) is 0 Å². The first kappa shape index (κ1) is 16.3. The second kappa shape index (κ2) is 5.83. The van der Waals surface area contributed by atoms with Crippen molar-refractivity contribution in [1.29, 1.82) is 0 Å². The maximum Gasteiger partial charge on any atom is 0.204 e. The molecule has 1 heterocycles. The number of fused-ring (bicyclic) bond motifs is 1. The number of benzene rings is 1. The van der Waals surface area contributed by atoms with Crippen LogP contribution in [-0.2, 0) is 4.79 Å². The molecule has 7 heteroatoms. The first-order valence-corrected chi connectivity index (χ1v) is 7.52. The zero-order chi connectivity index (χ0) is 17.5. The van der Waals surface area contributed by atoms with Gasteiger partial charge in [0.05, 0.1) is 20.6 Å². The smallest absolute Gasteiger partial charge is 0.204 e. The highest BCUT2D eigenvalue weighted by Gasteiger charge is 2.44. The van der Waals surface area contributed by atoms with E-state index in [2.05, 4.69) is 0 Å². The van der Waals surface area contributed by atoms with Gasteiger partial charge in [0.1, 0.15) is 23.0 Å². The second-order valence-electron chi connectivity index (χ2n) is 5.86. The van der Waals surface area contributed by atoms with Crippen LogP contribution in [0.5, 0.6) is 23.0 Å². The Morgan fingerprint density at radius 3 is 2.62 bits per heavy atom. The molecule has 1 aliphatic carbocycles. The molecule has 2 N–H and O–H groups in total. The van der Waals surface area contributed by atoms with Crippen LogP contribution in [0.15, 0.2) is 18.2 Å². The second-order valence-corrected chi connectivity index (χ2v) is 5.86. The summed E-state index contributed by atoms with van der Waals surface area (Å²) in [4.78, 5) is 23.8. The van der Waals surface area contributed by atoms with Crippen molar-refractivity contribution in [2.24, 2.45) is 0 Å². The average Bonchev–Trinajstić information content (AvgIpc) is 2.56. The lowest BCUT2D eigenvalue weighted by molar-refractivity contribution is -0.118. The van der Waals surface area contributed by atoms with E-state index in [1.165, 1.54) is 32.4 Å². The number of Topliss-reactive ketones (excluding diaryl/α,β-unsaturated/α-hetero) is 1. The van der Waals surface area contributed by atoms with Gasteiger partial charge in [-0.2, -0.15) is 0 Å². The van der Waals surface area contributed by atoms with E-state index in [0.29, 0.717) is 0 Å². The number of aromatic hydroxyl groups is 1. The zero-order valence-corrected chi connectivity index (χ0v) is 13.4. The van der Waals surface area contributed by atoms with Crippen molar-refractivity contribution in [3.05, 3.63) is 23.8 Å². The third-order valence-corrected chi connectivity index (χ3v) is 4.41. The highest BCUT2D eigenvalue weighted by molar-refractivity contribution is 6.04. The van der Waals surface area contributed by atoms with Gasteiger partial charge >= 0.3 is 0 Å². The summed E-state index contributed by atoms with van der Waals surface area (Å²) < 4.78 is 16.0. The average molecular weight is 334 g/mol. The predicted octanol–water partition coefficient (Wildman–Crippen LogP) is 1.39. The van der Waals surface area contributed by atoms with Crippen molar-refractivity contribution in [1.82, 2.24) is 0 Å². The number of ketones is 2. The minimum Gasteiger partial charge on any atom is -0.504 e. The molecule has 0 amide bonds. The lowest BCUT2D eigenvalue weighted by atomic mass is 9.81. The van der Waals surface area contributed by atoms with Crippen LogP contribution in [-0.4, -0.2) is 47.7 Å². The van der Waals surface area contributed by atoms with E-state index in [4.69, 9.17) is 14.2 Å². The number of ether oxygens (including phenoxy) is 3. The van der Waals surface area contributed by atoms with Gasteiger partial charge < -0.3 is 24.4 Å². The summed E-state index contributed by atoms with van der Waals surface area (Å²) in [5.41, 5.74) is -1.41. The third kappa shape index (κ3) is 2.50. The van der Waals surface area contributed by atoms with Gasteiger partial charge in [-0.1, -0.05) is 0 Å². The van der Waals surface area contributed by atoms with Crippen molar-refractivity contribution in [2.75, 3.05) is 14.2 Å². The van der Waals surface area contributed by atoms with Gasteiger partial charge in [-0.15, -0.1) is 0 Å². The van der Waals surface area contributed by atoms with Crippen LogP contribution in [0.3, 0.4) is 0 Å². The predicted molar refractivity (Wildman–Crippen MR) is 82.9 cm³/mol. The van der Waals surface area contributed by atoms with E-state index in [9.17, 15) is 19.8 Å². The Morgan fingerprint density at radius 1 is 1.29 bits per heavy atom. The van der Waals surface area contributed by atoms with Gasteiger partial charge in [0, 0.05) is 12.5 Å². The highest BCUT2D eigenvalue weighted by atomic mass is 16.5. The number of phenols is 1. The molecular weight excluding hydrogens is 316 g/mol. The van der Waals surface area contributed by atoms with Crippen LogP contribution in [0.1, 0.15) is 29.6 Å². The number of carbonyl (C=O) groups is 2. The molecule has 0 radical (unpaired) electrons. The third-order valence-electron chi connectivity index (χ3n) is 4.41. The highest BCUT2D eigenvalue weighted by Crippen LogP contribution is 2.48. The summed E-state index contributed by atoms with van der Waals surface area (Å²) in [6.45, 7) is 0.